The lowest BCUT2D eigenvalue weighted by atomic mass is 9.96. The third-order valence-electron chi connectivity index (χ3n) is 4.67. The third-order valence-corrected chi connectivity index (χ3v) is 4.67. The van der Waals surface area contributed by atoms with Gasteiger partial charge in [0.25, 0.3) is 5.96 Å². The number of nitro groups is 1. The third kappa shape index (κ3) is 5.34. The summed E-state index contributed by atoms with van der Waals surface area (Å²) in [5.74, 6) is 0.306. The number of hydrazine groups is 1. The van der Waals surface area contributed by atoms with Crippen LogP contribution < -0.4 is 20.2 Å². The number of nitrogens with one attached hydrogen (secondary N) is 2. The normalized spacial score (nSPS) is 15.3. The van der Waals surface area contributed by atoms with Crippen LogP contribution >= 0.6 is 0 Å². The number of aliphatic imine (C=N–C) groups is 1. The molecule has 2 N–H and O–H groups in total. The quantitative estimate of drug-likeness (QED) is 0.365. The highest BCUT2D eigenvalue weighted by atomic mass is 16.7. The van der Waals surface area contributed by atoms with Gasteiger partial charge in [0.2, 0.25) is 0 Å². The Morgan fingerprint density at radius 2 is 1.97 bits per heavy atom. The van der Waals surface area contributed by atoms with Crippen molar-refractivity contribution in [1.29, 1.82) is 0 Å². The van der Waals surface area contributed by atoms with Crippen molar-refractivity contribution in [1.82, 2.24) is 10.7 Å². The Hall–Kier alpha value is -4.08. The molecule has 0 fully saturated rings. The van der Waals surface area contributed by atoms with Gasteiger partial charge in [-0.1, -0.05) is 41.8 Å². The van der Waals surface area contributed by atoms with Gasteiger partial charge in [0.05, 0.1) is 19.3 Å². The van der Waals surface area contributed by atoms with Gasteiger partial charge in [-0.15, -0.1) is 0 Å². The average Bonchev–Trinajstić information content (AvgIpc) is 2.77. The maximum absolute atomic E-state index is 12.6. The molecule has 2 aromatic carbocycles. The molecular weight excluding hydrogens is 416 g/mol. The topological polar surface area (TPSA) is 124 Å². The number of nitrogens with zero attached hydrogens (tertiary/aromatic N) is 2. The van der Waals surface area contributed by atoms with Gasteiger partial charge in [0, 0.05) is 5.70 Å². The van der Waals surface area contributed by atoms with Crippen LogP contribution in [0.15, 0.2) is 64.8 Å². The second-order valence-corrected chi connectivity index (χ2v) is 6.82. The van der Waals surface area contributed by atoms with E-state index in [1.165, 1.54) is 7.11 Å². The number of esters is 1. The lowest BCUT2D eigenvalue weighted by Gasteiger charge is -2.25. The fourth-order valence-corrected chi connectivity index (χ4v) is 3.24. The number of methoxy groups -OCH3 is 1. The first-order valence-electron chi connectivity index (χ1n) is 9.91. The van der Waals surface area contributed by atoms with Crippen molar-refractivity contribution >= 4 is 11.9 Å². The molecule has 0 radical (unpaired) electrons. The number of carbonyl (C=O) groups excluding carboxylic acids is 1. The molecule has 168 valence electrons. The first-order chi connectivity index (χ1) is 15.4. The van der Waals surface area contributed by atoms with Gasteiger partial charge in [-0.25, -0.2) is 19.9 Å². The van der Waals surface area contributed by atoms with E-state index < -0.39 is 17.0 Å². The summed E-state index contributed by atoms with van der Waals surface area (Å²) in [5, 5.41) is 12.9. The molecule has 10 heteroatoms. The van der Waals surface area contributed by atoms with Crippen LogP contribution in [-0.4, -0.2) is 30.7 Å². The van der Waals surface area contributed by atoms with E-state index in [1.54, 1.807) is 32.0 Å². The van der Waals surface area contributed by atoms with Gasteiger partial charge in [-0.05, 0) is 37.1 Å². The van der Waals surface area contributed by atoms with Gasteiger partial charge in [-0.3, -0.25) is 0 Å². The highest BCUT2D eigenvalue weighted by Crippen LogP contribution is 2.37. The van der Waals surface area contributed by atoms with Crippen LogP contribution in [0.4, 0.5) is 0 Å². The molecule has 0 saturated carbocycles. The SMILES string of the molecule is CCOC(=O)C1=C(C)NC(N[N+](=O)[O-])=N[C@H]1c1ccc(OCc2ccccc2)c(OC)c1. The molecule has 0 aromatic heterocycles. The fraction of sp³-hybridized carbons (Fsp3) is 0.273. The fourth-order valence-electron chi connectivity index (χ4n) is 3.24. The predicted molar refractivity (Wildman–Crippen MR) is 117 cm³/mol. The number of allylic oxidation sites excluding steroid dienone is 1. The minimum absolute atomic E-state index is 0.0890. The Kier molecular flexibility index (Phi) is 7.27. The Morgan fingerprint density at radius 3 is 2.62 bits per heavy atom. The van der Waals surface area contributed by atoms with Gasteiger partial charge in [-0.2, -0.15) is 0 Å². The maximum atomic E-state index is 12.6. The highest BCUT2D eigenvalue weighted by Gasteiger charge is 2.32. The number of hydrogen-bond donors (Lipinski definition) is 2. The van der Waals surface area contributed by atoms with E-state index in [1.807, 2.05) is 35.8 Å². The number of ether oxygens (including phenoxy) is 3. The van der Waals surface area contributed by atoms with Gasteiger partial charge >= 0.3 is 5.97 Å². The molecule has 1 aliphatic rings. The van der Waals surface area contributed by atoms with E-state index in [4.69, 9.17) is 14.2 Å². The van der Waals surface area contributed by atoms with Crippen molar-refractivity contribution in [2.75, 3.05) is 13.7 Å². The van der Waals surface area contributed by atoms with Crippen molar-refractivity contribution in [2.45, 2.75) is 26.5 Å². The van der Waals surface area contributed by atoms with Crippen LogP contribution in [0.1, 0.15) is 31.0 Å². The summed E-state index contributed by atoms with van der Waals surface area (Å²) in [6.45, 7) is 3.86. The first kappa shape index (κ1) is 22.6. The zero-order valence-corrected chi connectivity index (χ0v) is 18.0. The number of carbonyl (C=O) groups is 1. The summed E-state index contributed by atoms with van der Waals surface area (Å²) >= 11 is 0. The molecule has 32 heavy (non-hydrogen) atoms. The van der Waals surface area contributed by atoms with Crippen molar-refractivity contribution < 1.29 is 24.0 Å². The van der Waals surface area contributed by atoms with Gasteiger partial charge in [0.15, 0.2) is 16.5 Å². The minimum Gasteiger partial charge on any atom is -0.493 e. The molecule has 1 heterocycles. The van der Waals surface area contributed by atoms with Crippen LogP contribution in [0.5, 0.6) is 11.5 Å². The number of benzene rings is 2. The number of rotatable bonds is 8. The standard InChI is InChI=1S/C22H24N4O6/c1-4-31-21(27)19-14(2)23-22(25-26(28)29)24-20(19)16-10-11-17(18(12-16)30-3)32-13-15-8-6-5-7-9-15/h5-12,20H,4,13H2,1-3H3,(H2,23,24,25)/t20-/m0/s1. The molecule has 1 atom stereocenters. The lowest BCUT2D eigenvalue weighted by molar-refractivity contribution is -0.525. The van der Waals surface area contributed by atoms with E-state index in [9.17, 15) is 14.9 Å². The van der Waals surface area contributed by atoms with Crippen LogP contribution in [0.2, 0.25) is 0 Å². The van der Waals surface area contributed by atoms with Crippen LogP contribution in [0.3, 0.4) is 0 Å². The zero-order valence-electron chi connectivity index (χ0n) is 18.0. The second-order valence-electron chi connectivity index (χ2n) is 6.82. The summed E-state index contributed by atoms with van der Waals surface area (Å²) < 4.78 is 16.5. The molecule has 1 aliphatic heterocycles. The summed E-state index contributed by atoms with van der Waals surface area (Å²) in [4.78, 5) is 27.8. The maximum Gasteiger partial charge on any atom is 0.338 e. The summed E-state index contributed by atoms with van der Waals surface area (Å²) in [6.07, 6.45) is 0. The molecule has 2 aromatic rings. The van der Waals surface area contributed by atoms with Crippen LogP contribution in [-0.2, 0) is 16.1 Å². The Bertz CT molecular complexity index is 1050. The molecule has 0 bridgehead atoms. The second kappa shape index (κ2) is 10.3. The van der Waals surface area contributed by atoms with E-state index in [0.29, 0.717) is 29.4 Å². The molecule has 0 unspecified atom stereocenters. The van der Waals surface area contributed by atoms with Crippen molar-refractivity contribution in [3.63, 3.8) is 0 Å². The highest BCUT2D eigenvalue weighted by molar-refractivity contribution is 5.95. The number of hydrogen-bond acceptors (Lipinski definition) is 8. The first-order valence-corrected chi connectivity index (χ1v) is 9.91. The van der Waals surface area contributed by atoms with Crippen molar-refractivity contribution in [2.24, 2.45) is 4.99 Å². The molecule has 0 spiro atoms. The smallest absolute Gasteiger partial charge is 0.338 e. The molecule has 10 nitrogen and oxygen atoms in total. The van der Waals surface area contributed by atoms with Crippen molar-refractivity contribution in [3.8, 4) is 11.5 Å². The largest absolute Gasteiger partial charge is 0.493 e. The van der Waals surface area contributed by atoms with Gasteiger partial charge in [0.1, 0.15) is 12.6 Å². The van der Waals surface area contributed by atoms with Gasteiger partial charge < -0.3 is 19.5 Å². The molecule has 0 amide bonds. The summed E-state index contributed by atoms with van der Waals surface area (Å²) in [6, 6.07) is 14.0. The molecule has 0 saturated heterocycles. The summed E-state index contributed by atoms with van der Waals surface area (Å²) in [5.41, 5.74) is 4.23. The van der Waals surface area contributed by atoms with Crippen molar-refractivity contribution in [3.05, 3.63) is 81.0 Å². The Morgan fingerprint density at radius 1 is 1.22 bits per heavy atom. The molecular formula is C22H24N4O6. The van der Waals surface area contributed by atoms with Crippen LogP contribution in [0.25, 0.3) is 0 Å². The zero-order chi connectivity index (χ0) is 23.1. The van der Waals surface area contributed by atoms with E-state index >= 15 is 0 Å². The lowest BCUT2D eigenvalue weighted by Crippen LogP contribution is -2.43. The minimum atomic E-state index is -0.838. The summed E-state index contributed by atoms with van der Waals surface area (Å²) in [7, 11) is 1.51. The Labute approximate surface area is 185 Å². The van der Waals surface area contributed by atoms with E-state index in [-0.39, 0.29) is 18.1 Å². The molecule has 3 rings (SSSR count). The Balaban J connectivity index is 1.93. The van der Waals surface area contributed by atoms with Crippen LogP contribution in [0, 0.1) is 10.1 Å². The number of guanidine groups is 1. The van der Waals surface area contributed by atoms with E-state index in [0.717, 1.165) is 5.56 Å². The van der Waals surface area contributed by atoms with E-state index in [2.05, 4.69) is 10.3 Å². The molecule has 0 aliphatic carbocycles. The monoisotopic (exact) mass is 440 g/mol. The predicted octanol–water partition coefficient (Wildman–Crippen LogP) is 2.89. The average molecular weight is 440 g/mol.